The van der Waals surface area contributed by atoms with E-state index in [1.165, 1.54) is 17.8 Å². The predicted octanol–water partition coefficient (Wildman–Crippen LogP) is 0.840. The molecule has 5 nitrogen and oxygen atoms in total. The highest BCUT2D eigenvalue weighted by atomic mass is 32.2. The molecule has 106 valence electrons. The second-order valence-electron chi connectivity index (χ2n) is 4.47. The van der Waals surface area contributed by atoms with Gasteiger partial charge in [0.25, 0.3) is 0 Å². The minimum absolute atomic E-state index is 0.136. The van der Waals surface area contributed by atoms with Crippen LogP contribution in [0.25, 0.3) is 5.65 Å². The van der Waals surface area contributed by atoms with Gasteiger partial charge in [-0.15, -0.1) is 10.2 Å². The number of aromatic nitrogens is 3. The second kappa shape index (κ2) is 5.84. The fourth-order valence-electron chi connectivity index (χ4n) is 1.97. The molecule has 0 spiro atoms. The molecule has 2 aromatic heterocycles. The normalized spacial score (nSPS) is 11.0. The van der Waals surface area contributed by atoms with Crippen LogP contribution in [0, 0.1) is 5.82 Å². The summed E-state index contributed by atoms with van der Waals surface area (Å²) in [5, 5.41) is 27.0. The van der Waals surface area contributed by atoms with E-state index >= 15 is 0 Å². The summed E-state index contributed by atoms with van der Waals surface area (Å²) in [4.78, 5) is 0. The smallest absolute Gasteiger partial charge is 0.423 e. The summed E-state index contributed by atoms with van der Waals surface area (Å²) in [5.74, 6) is -0.0463. The molecule has 0 atom stereocenters. The molecular formula is C13H11BFN3O2S. The molecule has 2 heterocycles. The van der Waals surface area contributed by atoms with Crippen LogP contribution in [0.3, 0.4) is 0 Å². The molecule has 2 N–H and O–H groups in total. The molecule has 1 aromatic carbocycles. The van der Waals surface area contributed by atoms with Crippen molar-refractivity contribution >= 4 is 30.0 Å². The van der Waals surface area contributed by atoms with E-state index in [9.17, 15) is 4.39 Å². The number of pyridine rings is 1. The van der Waals surface area contributed by atoms with E-state index in [1.54, 1.807) is 6.07 Å². The van der Waals surface area contributed by atoms with Gasteiger partial charge in [0.15, 0.2) is 10.8 Å². The van der Waals surface area contributed by atoms with Crippen LogP contribution in [-0.2, 0) is 5.75 Å². The molecular weight excluding hydrogens is 292 g/mol. The number of hydrogen-bond acceptors (Lipinski definition) is 5. The van der Waals surface area contributed by atoms with Crippen molar-refractivity contribution in [3.8, 4) is 0 Å². The third kappa shape index (κ3) is 3.07. The summed E-state index contributed by atoms with van der Waals surface area (Å²) in [6.07, 6.45) is 1.85. The highest BCUT2D eigenvalue weighted by Crippen LogP contribution is 2.21. The molecule has 21 heavy (non-hydrogen) atoms. The molecule has 0 radical (unpaired) electrons. The molecule has 0 fully saturated rings. The third-order valence-corrected chi connectivity index (χ3v) is 3.94. The lowest BCUT2D eigenvalue weighted by atomic mass is 9.79. The highest BCUT2D eigenvalue weighted by molar-refractivity contribution is 7.98. The van der Waals surface area contributed by atoms with Crippen molar-refractivity contribution in [3.63, 3.8) is 0 Å². The standard InChI is InChI=1S/C13H11BFN3O2S/c15-11-6-9(5-10(7-11)14(19)20)8-21-13-17-16-12-3-1-2-4-18(12)13/h1-7,19-20H,8H2. The Hall–Kier alpha value is -1.90. The maximum Gasteiger partial charge on any atom is 0.488 e. The van der Waals surface area contributed by atoms with Crippen LogP contribution in [-0.4, -0.2) is 31.8 Å². The molecule has 8 heteroatoms. The number of halogens is 1. The molecule has 0 saturated heterocycles. The topological polar surface area (TPSA) is 70.7 Å². The van der Waals surface area contributed by atoms with Gasteiger partial charge >= 0.3 is 7.12 Å². The van der Waals surface area contributed by atoms with Gasteiger partial charge in [0.2, 0.25) is 0 Å². The summed E-state index contributed by atoms with van der Waals surface area (Å²) in [5.41, 5.74) is 1.53. The van der Waals surface area contributed by atoms with E-state index in [0.29, 0.717) is 16.5 Å². The highest BCUT2D eigenvalue weighted by Gasteiger charge is 2.14. The Bertz CT molecular complexity index is 781. The van der Waals surface area contributed by atoms with Crippen molar-refractivity contribution in [2.45, 2.75) is 10.9 Å². The van der Waals surface area contributed by atoms with Crippen molar-refractivity contribution in [3.05, 3.63) is 54.0 Å². The molecule has 0 unspecified atom stereocenters. The monoisotopic (exact) mass is 303 g/mol. The molecule has 0 amide bonds. The zero-order valence-corrected chi connectivity index (χ0v) is 11.7. The summed E-state index contributed by atoms with van der Waals surface area (Å²) in [6, 6.07) is 9.62. The fourth-order valence-corrected chi connectivity index (χ4v) is 2.83. The molecule has 0 saturated carbocycles. The first-order chi connectivity index (χ1) is 10.1. The van der Waals surface area contributed by atoms with Crippen molar-refractivity contribution in [1.82, 2.24) is 14.6 Å². The van der Waals surface area contributed by atoms with E-state index in [2.05, 4.69) is 10.2 Å². The minimum atomic E-state index is -1.68. The number of hydrogen-bond donors (Lipinski definition) is 2. The van der Waals surface area contributed by atoms with Gasteiger partial charge in [0, 0.05) is 11.9 Å². The first-order valence-corrected chi connectivity index (χ1v) is 7.20. The third-order valence-electron chi connectivity index (χ3n) is 2.93. The summed E-state index contributed by atoms with van der Waals surface area (Å²) >= 11 is 1.40. The Morgan fingerprint density at radius 2 is 2.05 bits per heavy atom. The van der Waals surface area contributed by atoms with E-state index in [1.807, 2.05) is 28.8 Å². The molecule has 3 aromatic rings. The van der Waals surface area contributed by atoms with Crippen LogP contribution < -0.4 is 5.46 Å². The first kappa shape index (κ1) is 14.1. The van der Waals surface area contributed by atoms with Gasteiger partial charge in [-0.1, -0.05) is 23.9 Å². The zero-order valence-electron chi connectivity index (χ0n) is 10.8. The van der Waals surface area contributed by atoms with Crippen molar-refractivity contribution in [2.75, 3.05) is 0 Å². The molecule has 0 aliphatic carbocycles. The van der Waals surface area contributed by atoms with Crippen LogP contribution in [0.15, 0.2) is 47.8 Å². The molecule has 0 aliphatic rings. The van der Waals surface area contributed by atoms with E-state index in [-0.39, 0.29) is 5.46 Å². The Balaban J connectivity index is 1.81. The average Bonchev–Trinajstić information content (AvgIpc) is 2.88. The summed E-state index contributed by atoms with van der Waals surface area (Å²) in [7, 11) is -1.68. The Kier molecular flexibility index (Phi) is 3.91. The van der Waals surface area contributed by atoms with Crippen LogP contribution in [0.2, 0.25) is 0 Å². The van der Waals surface area contributed by atoms with Gasteiger partial charge in [0.1, 0.15) is 5.82 Å². The van der Waals surface area contributed by atoms with Gasteiger partial charge < -0.3 is 10.0 Å². The van der Waals surface area contributed by atoms with Crippen molar-refractivity contribution < 1.29 is 14.4 Å². The number of thioether (sulfide) groups is 1. The Labute approximate surface area is 124 Å². The lowest BCUT2D eigenvalue weighted by molar-refractivity contribution is 0.425. The quantitative estimate of drug-likeness (QED) is 0.552. The van der Waals surface area contributed by atoms with Crippen LogP contribution in [0.1, 0.15) is 5.56 Å². The minimum Gasteiger partial charge on any atom is -0.423 e. The predicted molar refractivity (Wildman–Crippen MR) is 78.8 cm³/mol. The number of nitrogens with zero attached hydrogens (tertiary/aromatic N) is 3. The van der Waals surface area contributed by atoms with Gasteiger partial charge in [-0.05, 0) is 35.3 Å². The van der Waals surface area contributed by atoms with Crippen LogP contribution in [0.5, 0.6) is 0 Å². The Morgan fingerprint density at radius 1 is 1.19 bits per heavy atom. The zero-order chi connectivity index (χ0) is 14.8. The molecule has 0 aliphatic heterocycles. The maximum absolute atomic E-state index is 13.4. The van der Waals surface area contributed by atoms with E-state index < -0.39 is 12.9 Å². The first-order valence-electron chi connectivity index (χ1n) is 6.21. The van der Waals surface area contributed by atoms with Gasteiger partial charge in [0.05, 0.1) is 0 Å². The number of benzene rings is 1. The summed E-state index contributed by atoms with van der Waals surface area (Å²) in [6.45, 7) is 0. The number of rotatable bonds is 4. The number of fused-ring (bicyclic) bond motifs is 1. The molecule has 3 rings (SSSR count). The van der Waals surface area contributed by atoms with Crippen molar-refractivity contribution in [2.24, 2.45) is 0 Å². The van der Waals surface area contributed by atoms with Gasteiger partial charge in [-0.2, -0.15) is 0 Å². The lowest BCUT2D eigenvalue weighted by Crippen LogP contribution is -2.30. The van der Waals surface area contributed by atoms with E-state index in [0.717, 1.165) is 11.7 Å². The SMILES string of the molecule is OB(O)c1cc(F)cc(CSc2nnc3ccccn23)c1. The maximum atomic E-state index is 13.4. The second-order valence-corrected chi connectivity index (χ2v) is 5.41. The van der Waals surface area contributed by atoms with Gasteiger partial charge in [-0.25, -0.2) is 4.39 Å². The Morgan fingerprint density at radius 3 is 2.86 bits per heavy atom. The molecule has 0 bridgehead atoms. The average molecular weight is 303 g/mol. The largest absolute Gasteiger partial charge is 0.488 e. The van der Waals surface area contributed by atoms with Crippen LogP contribution >= 0.6 is 11.8 Å². The van der Waals surface area contributed by atoms with Crippen LogP contribution in [0.4, 0.5) is 4.39 Å². The van der Waals surface area contributed by atoms with Crippen molar-refractivity contribution in [1.29, 1.82) is 0 Å². The lowest BCUT2D eigenvalue weighted by Gasteiger charge is -2.05. The summed E-state index contributed by atoms with van der Waals surface area (Å²) < 4.78 is 15.3. The van der Waals surface area contributed by atoms with Gasteiger partial charge in [-0.3, -0.25) is 4.40 Å². The fraction of sp³-hybridized carbons (Fsp3) is 0.0769. The van der Waals surface area contributed by atoms with E-state index in [4.69, 9.17) is 10.0 Å².